The van der Waals surface area contributed by atoms with Gasteiger partial charge in [0.15, 0.2) is 0 Å². The third-order valence-corrected chi connectivity index (χ3v) is 6.29. The molecule has 0 bridgehead atoms. The van der Waals surface area contributed by atoms with Crippen LogP contribution in [0.5, 0.6) is 5.75 Å². The van der Waals surface area contributed by atoms with Crippen molar-refractivity contribution in [3.8, 4) is 5.75 Å². The van der Waals surface area contributed by atoms with Crippen molar-refractivity contribution in [1.29, 1.82) is 0 Å². The number of carbonyl (C=O) groups is 2. The molecule has 2 aliphatic rings. The van der Waals surface area contributed by atoms with Crippen molar-refractivity contribution in [3.63, 3.8) is 0 Å². The van der Waals surface area contributed by atoms with Gasteiger partial charge in [-0.1, -0.05) is 6.08 Å². The van der Waals surface area contributed by atoms with Crippen LogP contribution in [-0.4, -0.2) is 33.9 Å². The van der Waals surface area contributed by atoms with Crippen LogP contribution in [0.2, 0.25) is 0 Å². The van der Waals surface area contributed by atoms with E-state index < -0.39 is 17.6 Å². The molecule has 31 heavy (non-hydrogen) atoms. The van der Waals surface area contributed by atoms with E-state index in [4.69, 9.17) is 21.9 Å². The molecule has 164 valence electrons. The number of ether oxygens (including phenoxy) is 1. The summed E-state index contributed by atoms with van der Waals surface area (Å²) in [4.78, 5) is 25.1. The minimum atomic E-state index is -1.29. The maximum Gasteiger partial charge on any atom is 0.271 e. The molecular formula is C22H28N6O3. The smallest absolute Gasteiger partial charge is 0.271 e. The first-order valence-corrected chi connectivity index (χ1v) is 10.3. The Labute approximate surface area is 180 Å². The van der Waals surface area contributed by atoms with Crippen molar-refractivity contribution in [3.05, 3.63) is 58.9 Å². The molecule has 2 aromatic rings. The summed E-state index contributed by atoms with van der Waals surface area (Å²) in [6.07, 6.45) is 2.44. The second kappa shape index (κ2) is 7.51. The number of nitrogens with one attached hydrogen (secondary N) is 1. The number of benzene rings is 1. The number of amides is 2. The normalized spacial score (nSPS) is 26.1. The van der Waals surface area contributed by atoms with E-state index in [1.54, 1.807) is 29.0 Å². The molecule has 1 aromatic carbocycles. The van der Waals surface area contributed by atoms with Crippen molar-refractivity contribution in [2.24, 2.45) is 23.1 Å². The van der Waals surface area contributed by atoms with Crippen LogP contribution in [0, 0.1) is 12.8 Å². The molecule has 0 saturated carbocycles. The molecule has 2 amide bonds. The first kappa shape index (κ1) is 21.1. The molecule has 0 fully saturated rings. The maximum atomic E-state index is 13.3. The van der Waals surface area contributed by atoms with E-state index in [0.29, 0.717) is 42.1 Å². The summed E-state index contributed by atoms with van der Waals surface area (Å²) in [6, 6.07) is 4.23. The third kappa shape index (κ3) is 3.21. The molecule has 0 radical (unpaired) electrons. The summed E-state index contributed by atoms with van der Waals surface area (Å²) in [6.45, 7) is 8.49. The van der Waals surface area contributed by atoms with Gasteiger partial charge in [0.05, 0.1) is 18.3 Å². The van der Waals surface area contributed by atoms with Gasteiger partial charge in [-0.05, 0) is 44.0 Å². The Morgan fingerprint density at radius 1 is 1.42 bits per heavy atom. The van der Waals surface area contributed by atoms with Crippen LogP contribution in [0.3, 0.4) is 0 Å². The Bertz CT molecular complexity index is 1080. The van der Waals surface area contributed by atoms with Crippen LogP contribution in [0.4, 0.5) is 0 Å². The molecular weight excluding hydrogens is 396 g/mol. The Morgan fingerprint density at radius 3 is 2.81 bits per heavy atom. The van der Waals surface area contributed by atoms with E-state index in [2.05, 4.69) is 17.0 Å². The minimum absolute atomic E-state index is 0.0418. The standard InChI is InChI=1S/C22H28N6O3/c1-4-6-12-10-31-16-9-13(20(24)29)8-14-17(16)18(12)22(25,19(14)23)26-21(30)15-7-11(3)27-28(15)5-2/h4,7-9,12,18-19H,1,5-6,10,23,25H2,2-3H3,(H2,24,29)(H,26,30)/t12?,18?,19-,22+/m0/s1. The number of nitrogens with two attached hydrogens (primary N) is 3. The number of primary amides is 1. The molecule has 7 N–H and O–H groups in total. The highest BCUT2D eigenvalue weighted by Gasteiger charge is 2.56. The number of aromatic nitrogens is 2. The summed E-state index contributed by atoms with van der Waals surface area (Å²) >= 11 is 0. The van der Waals surface area contributed by atoms with E-state index >= 15 is 0 Å². The number of allylic oxidation sites excluding steroid dienone is 1. The molecule has 4 rings (SSSR count). The molecule has 1 aromatic heterocycles. The Morgan fingerprint density at radius 2 is 2.16 bits per heavy atom. The molecule has 0 spiro atoms. The van der Waals surface area contributed by atoms with Gasteiger partial charge >= 0.3 is 0 Å². The van der Waals surface area contributed by atoms with Crippen LogP contribution < -0.4 is 27.3 Å². The summed E-state index contributed by atoms with van der Waals surface area (Å²) in [7, 11) is 0. The number of nitrogens with zero attached hydrogens (tertiary/aromatic N) is 2. The fourth-order valence-corrected chi connectivity index (χ4v) is 4.91. The summed E-state index contributed by atoms with van der Waals surface area (Å²) in [5.74, 6) is -0.763. The van der Waals surface area contributed by atoms with E-state index in [0.717, 1.165) is 11.3 Å². The number of rotatable bonds is 6. The van der Waals surface area contributed by atoms with Gasteiger partial charge in [0, 0.05) is 29.5 Å². The minimum Gasteiger partial charge on any atom is -0.493 e. The van der Waals surface area contributed by atoms with Crippen molar-refractivity contribution >= 4 is 11.8 Å². The predicted octanol–water partition coefficient (Wildman–Crippen LogP) is 1.08. The Balaban J connectivity index is 1.80. The van der Waals surface area contributed by atoms with Crippen LogP contribution in [0.1, 0.15) is 63.0 Å². The van der Waals surface area contributed by atoms with Gasteiger partial charge in [-0.15, -0.1) is 6.58 Å². The SMILES string of the molecule is C=CCC1COc2cc(C(N)=O)cc3c2C1[C@@](N)(NC(=O)c1cc(C)nn1CC)[C@H]3N. The lowest BCUT2D eigenvalue weighted by atomic mass is 9.77. The van der Waals surface area contributed by atoms with Gasteiger partial charge in [-0.2, -0.15) is 5.10 Å². The van der Waals surface area contributed by atoms with E-state index in [1.165, 1.54) is 0 Å². The summed E-state index contributed by atoms with van der Waals surface area (Å²) in [5.41, 5.74) is 20.7. The number of carbonyl (C=O) groups excluding carboxylic acids is 2. The highest BCUT2D eigenvalue weighted by atomic mass is 16.5. The topological polar surface area (TPSA) is 151 Å². The van der Waals surface area contributed by atoms with Crippen molar-refractivity contribution in [2.75, 3.05) is 6.61 Å². The van der Waals surface area contributed by atoms with Crippen molar-refractivity contribution in [1.82, 2.24) is 15.1 Å². The maximum absolute atomic E-state index is 13.3. The molecule has 4 atom stereocenters. The van der Waals surface area contributed by atoms with Crippen LogP contribution in [-0.2, 0) is 6.54 Å². The second-order valence-electron chi connectivity index (χ2n) is 8.27. The van der Waals surface area contributed by atoms with Gasteiger partial charge in [0.1, 0.15) is 17.1 Å². The molecule has 9 nitrogen and oxygen atoms in total. The fourth-order valence-electron chi connectivity index (χ4n) is 4.91. The zero-order valence-corrected chi connectivity index (χ0v) is 17.7. The zero-order chi connectivity index (χ0) is 22.5. The molecule has 1 aliphatic heterocycles. The molecule has 1 aliphatic carbocycles. The first-order valence-electron chi connectivity index (χ1n) is 10.3. The molecule has 2 heterocycles. The Hall–Kier alpha value is -3.17. The predicted molar refractivity (Wildman–Crippen MR) is 115 cm³/mol. The van der Waals surface area contributed by atoms with E-state index in [9.17, 15) is 9.59 Å². The lowest BCUT2D eigenvalue weighted by Crippen LogP contribution is -2.64. The van der Waals surface area contributed by atoms with Crippen molar-refractivity contribution in [2.45, 2.75) is 44.4 Å². The highest BCUT2D eigenvalue weighted by Crippen LogP contribution is 2.55. The first-order chi connectivity index (χ1) is 14.7. The monoisotopic (exact) mass is 424 g/mol. The highest BCUT2D eigenvalue weighted by molar-refractivity contribution is 5.95. The quantitative estimate of drug-likeness (QED) is 0.402. The third-order valence-electron chi connectivity index (χ3n) is 6.29. The largest absolute Gasteiger partial charge is 0.493 e. The van der Waals surface area contributed by atoms with Crippen LogP contribution >= 0.6 is 0 Å². The van der Waals surface area contributed by atoms with Crippen LogP contribution in [0.25, 0.3) is 0 Å². The average molecular weight is 425 g/mol. The average Bonchev–Trinajstić information content (AvgIpc) is 3.22. The van der Waals surface area contributed by atoms with Gasteiger partial charge in [-0.3, -0.25) is 14.3 Å². The van der Waals surface area contributed by atoms with Crippen molar-refractivity contribution < 1.29 is 14.3 Å². The number of hydrogen-bond acceptors (Lipinski definition) is 6. The molecule has 9 heteroatoms. The van der Waals surface area contributed by atoms with Gasteiger partial charge < -0.3 is 27.3 Å². The van der Waals surface area contributed by atoms with Gasteiger partial charge in [-0.25, -0.2) is 0 Å². The number of aryl methyl sites for hydroxylation is 2. The van der Waals surface area contributed by atoms with E-state index in [-0.39, 0.29) is 17.7 Å². The molecule has 0 saturated heterocycles. The van der Waals surface area contributed by atoms with Crippen LogP contribution in [0.15, 0.2) is 30.9 Å². The second-order valence-corrected chi connectivity index (χ2v) is 8.27. The lowest BCUT2D eigenvalue weighted by molar-refractivity contribution is 0.0793. The molecule has 2 unspecified atom stereocenters. The van der Waals surface area contributed by atoms with Gasteiger partial charge in [0.2, 0.25) is 5.91 Å². The zero-order valence-electron chi connectivity index (χ0n) is 17.7. The Kier molecular flexibility index (Phi) is 5.10. The summed E-state index contributed by atoms with van der Waals surface area (Å²) in [5, 5.41) is 7.35. The van der Waals surface area contributed by atoms with Gasteiger partial charge in [0.25, 0.3) is 5.91 Å². The van der Waals surface area contributed by atoms with E-state index in [1.807, 2.05) is 13.8 Å². The summed E-state index contributed by atoms with van der Waals surface area (Å²) < 4.78 is 7.58. The fraction of sp³-hybridized carbons (Fsp3) is 0.409. The number of hydrogen-bond donors (Lipinski definition) is 4. The lowest BCUT2D eigenvalue weighted by Gasteiger charge is -2.41.